The summed E-state index contributed by atoms with van der Waals surface area (Å²) < 4.78 is 5.47. The summed E-state index contributed by atoms with van der Waals surface area (Å²) in [5.74, 6) is -0.411. The Morgan fingerprint density at radius 2 is 1.54 bits per heavy atom. The zero-order chi connectivity index (χ0) is 28.7. The van der Waals surface area contributed by atoms with E-state index in [1.165, 1.54) is 0 Å². The fourth-order valence-electron chi connectivity index (χ4n) is 4.34. The highest BCUT2D eigenvalue weighted by atomic mass is 16.6. The molecule has 3 amide bonds. The highest BCUT2D eigenvalue weighted by molar-refractivity contribution is 5.92. The quantitative estimate of drug-likeness (QED) is 0.386. The molecule has 0 bridgehead atoms. The van der Waals surface area contributed by atoms with Crippen LogP contribution in [0.25, 0.3) is 0 Å². The average molecular weight is 518 g/mol. The van der Waals surface area contributed by atoms with Gasteiger partial charge in [0.05, 0.1) is 0 Å². The number of nitrogens with one attached hydrogen (secondary N) is 2. The van der Waals surface area contributed by atoms with Gasteiger partial charge in [-0.1, -0.05) is 45.4 Å². The normalized spacial score (nSPS) is 14.5. The smallest absolute Gasteiger partial charge is 0.408 e. The topological polar surface area (TPSA) is 87.7 Å². The average Bonchev–Trinajstić information content (AvgIpc) is 2.70. The zero-order valence-electron chi connectivity index (χ0n) is 25.2. The van der Waals surface area contributed by atoms with E-state index < -0.39 is 29.3 Å². The summed E-state index contributed by atoms with van der Waals surface area (Å²) >= 11 is 0. The second kappa shape index (κ2) is 13.3. The van der Waals surface area contributed by atoms with E-state index in [1.807, 2.05) is 73.6 Å². The van der Waals surface area contributed by atoms with Crippen molar-refractivity contribution >= 4 is 17.9 Å². The highest BCUT2D eigenvalue weighted by Crippen LogP contribution is 2.32. The number of hydrogen-bond donors (Lipinski definition) is 2. The fraction of sp³-hybridized carbons (Fsp3) is 0.700. The van der Waals surface area contributed by atoms with Crippen molar-refractivity contribution in [1.82, 2.24) is 15.5 Å². The molecule has 0 heterocycles. The predicted molar refractivity (Wildman–Crippen MR) is 150 cm³/mol. The van der Waals surface area contributed by atoms with Gasteiger partial charge in [-0.05, 0) is 97.8 Å². The van der Waals surface area contributed by atoms with E-state index in [0.717, 1.165) is 29.5 Å². The number of carbonyl (C=O) groups excluding carboxylic acids is 3. The second-order valence-electron chi connectivity index (χ2n) is 12.7. The molecule has 3 atom stereocenters. The molecule has 3 unspecified atom stereocenters. The molecule has 7 nitrogen and oxygen atoms in total. The molecule has 2 N–H and O–H groups in total. The van der Waals surface area contributed by atoms with Gasteiger partial charge in [0.25, 0.3) is 0 Å². The van der Waals surface area contributed by atoms with Crippen LogP contribution in [0.4, 0.5) is 4.79 Å². The molecular formula is C30H51N3O4. The summed E-state index contributed by atoms with van der Waals surface area (Å²) in [7, 11) is 0. The lowest BCUT2D eigenvalue weighted by Crippen LogP contribution is -2.59. The van der Waals surface area contributed by atoms with Crippen molar-refractivity contribution in [2.75, 3.05) is 0 Å². The number of alkyl carbamates (subject to hydrolysis) is 1. The molecular weight excluding hydrogens is 466 g/mol. The van der Waals surface area contributed by atoms with Crippen LogP contribution in [-0.4, -0.2) is 46.0 Å². The summed E-state index contributed by atoms with van der Waals surface area (Å²) in [4.78, 5) is 42.5. The first-order valence-electron chi connectivity index (χ1n) is 13.6. The summed E-state index contributed by atoms with van der Waals surface area (Å²) in [5.41, 5.74) is 1.49. The number of amides is 3. The third kappa shape index (κ3) is 10.4. The van der Waals surface area contributed by atoms with Crippen LogP contribution in [0.5, 0.6) is 0 Å². The summed E-state index contributed by atoms with van der Waals surface area (Å²) in [6.45, 7) is 23.2. The van der Waals surface area contributed by atoms with Gasteiger partial charge in [-0.3, -0.25) is 9.59 Å². The third-order valence-electron chi connectivity index (χ3n) is 6.12. The van der Waals surface area contributed by atoms with E-state index in [1.54, 1.807) is 25.7 Å². The monoisotopic (exact) mass is 517 g/mol. The Bertz CT molecular complexity index is 928. The number of aryl methyl sites for hydroxylation is 2. The lowest BCUT2D eigenvalue weighted by atomic mass is 9.92. The Balaban J connectivity index is 3.62. The van der Waals surface area contributed by atoms with Crippen molar-refractivity contribution in [3.8, 4) is 0 Å². The van der Waals surface area contributed by atoms with Gasteiger partial charge >= 0.3 is 6.09 Å². The van der Waals surface area contributed by atoms with Gasteiger partial charge in [-0.2, -0.15) is 0 Å². The molecule has 1 aromatic carbocycles. The Labute approximate surface area is 225 Å². The van der Waals surface area contributed by atoms with Crippen LogP contribution in [0.2, 0.25) is 0 Å². The number of hydrogen-bond acceptors (Lipinski definition) is 4. The maximum atomic E-state index is 14.3. The summed E-state index contributed by atoms with van der Waals surface area (Å²) in [6, 6.07) is 4.15. The molecule has 0 saturated heterocycles. The van der Waals surface area contributed by atoms with Crippen LogP contribution in [0.3, 0.4) is 0 Å². The molecule has 7 heteroatoms. The maximum Gasteiger partial charge on any atom is 0.408 e. The van der Waals surface area contributed by atoms with Crippen molar-refractivity contribution in [3.05, 3.63) is 34.9 Å². The Kier molecular flexibility index (Phi) is 11.7. The van der Waals surface area contributed by atoms with Crippen molar-refractivity contribution in [2.45, 2.75) is 132 Å². The molecule has 37 heavy (non-hydrogen) atoms. The van der Waals surface area contributed by atoms with Gasteiger partial charge in [0.1, 0.15) is 17.7 Å². The lowest BCUT2D eigenvalue weighted by Gasteiger charge is -2.43. The van der Waals surface area contributed by atoms with Crippen LogP contribution < -0.4 is 10.6 Å². The number of rotatable bonds is 10. The molecule has 1 aromatic rings. The molecule has 0 fully saturated rings. The van der Waals surface area contributed by atoms with Gasteiger partial charge in [0.2, 0.25) is 11.8 Å². The highest BCUT2D eigenvalue weighted by Gasteiger charge is 2.42. The van der Waals surface area contributed by atoms with E-state index in [2.05, 4.69) is 17.6 Å². The maximum absolute atomic E-state index is 14.3. The van der Waals surface area contributed by atoms with E-state index in [0.29, 0.717) is 6.42 Å². The Morgan fingerprint density at radius 3 is 2.00 bits per heavy atom. The molecule has 0 saturated carbocycles. The van der Waals surface area contributed by atoms with Crippen LogP contribution >= 0.6 is 0 Å². The van der Waals surface area contributed by atoms with Crippen LogP contribution in [0.1, 0.15) is 111 Å². The molecule has 0 aliphatic carbocycles. The van der Waals surface area contributed by atoms with Gasteiger partial charge < -0.3 is 20.3 Å². The van der Waals surface area contributed by atoms with Gasteiger partial charge in [0, 0.05) is 11.6 Å². The summed E-state index contributed by atoms with van der Waals surface area (Å²) in [5, 5.41) is 5.93. The first-order chi connectivity index (χ1) is 16.9. The molecule has 0 aliphatic rings. The first kappa shape index (κ1) is 32.5. The summed E-state index contributed by atoms with van der Waals surface area (Å²) in [6.07, 6.45) is 1.54. The Morgan fingerprint density at radius 1 is 0.946 bits per heavy atom. The van der Waals surface area contributed by atoms with E-state index in [9.17, 15) is 14.4 Å². The predicted octanol–water partition coefficient (Wildman–Crippen LogP) is 6.22. The van der Waals surface area contributed by atoms with E-state index in [-0.39, 0.29) is 23.8 Å². The zero-order valence-corrected chi connectivity index (χ0v) is 25.2. The fourth-order valence-corrected chi connectivity index (χ4v) is 4.34. The number of carbonyl (C=O) groups is 3. The van der Waals surface area contributed by atoms with E-state index >= 15 is 0 Å². The minimum Gasteiger partial charge on any atom is -0.444 e. The van der Waals surface area contributed by atoms with Crippen molar-refractivity contribution in [3.63, 3.8) is 0 Å². The van der Waals surface area contributed by atoms with Crippen molar-refractivity contribution in [1.29, 1.82) is 0 Å². The molecule has 1 rings (SSSR count). The minimum absolute atomic E-state index is 0.0326. The van der Waals surface area contributed by atoms with Crippen LogP contribution in [0.15, 0.2) is 18.2 Å². The van der Waals surface area contributed by atoms with Gasteiger partial charge in [-0.25, -0.2) is 4.79 Å². The number of ether oxygens (including phenoxy) is 1. The molecule has 0 spiro atoms. The van der Waals surface area contributed by atoms with E-state index in [4.69, 9.17) is 4.74 Å². The van der Waals surface area contributed by atoms with Gasteiger partial charge in [0.15, 0.2) is 0 Å². The largest absolute Gasteiger partial charge is 0.444 e. The standard InChI is InChI=1S/C30H51N3O4/c1-13-14-22(6)31-26(34)25(23-16-15-20(4)21(5)18-23)33(29(7,8)9)27(35)24(17-19(2)3)32-28(36)37-30(10,11)12/h15-16,18-19,22,24-25H,13-14,17H2,1-12H3,(H,31,34)(H,32,36). The van der Waals surface area contributed by atoms with Crippen LogP contribution in [-0.2, 0) is 14.3 Å². The third-order valence-corrected chi connectivity index (χ3v) is 6.12. The molecule has 210 valence electrons. The van der Waals surface area contributed by atoms with Gasteiger partial charge in [-0.15, -0.1) is 0 Å². The SMILES string of the molecule is CCCC(C)NC(=O)C(c1ccc(C)c(C)c1)N(C(=O)C(CC(C)C)NC(=O)OC(C)(C)C)C(C)(C)C. The first-order valence-corrected chi connectivity index (χ1v) is 13.6. The molecule has 0 radical (unpaired) electrons. The lowest BCUT2D eigenvalue weighted by molar-refractivity contribution is -0.149. The number of benzene rings is 1. The number of nitrogens with zero attached hydrogens (tertiary/aromatic N) is 1. The molecule has 0 aromatic heterocycles. The Hall–Kier alpha value is -2.57. The van der Waals surface area contributed by atoms with Crippen LogP contribution in [0, 0.1) is 19.8 Å². The minimum atomic E-state index is -0.860. The molecule has 0 aliphatic heterocycles. The van der Waals surface area contributed by atoms with Crippen molar-refractivity contribution < 1.29 is 19.1 Å². The second-order valence-corrected chi connectivity index (χ2v) is 12.7. The van der Waals surface area contributed by atoms with Crippen molar-refractivity contribution in [2.24, 2.45) is 5.92 Å².